The number of hydrogen-bond acceptors (Lipinski definition) is 6. The van der Waals surface area contributed by atoms with Crippen molar-refractivity contribution in [2.24, 2.45) is 0 Å². The summed E-state index contributed by atoms with van der Waals surface area (Å²) in [5.74, 6) is -0.0808. The molecule has 1 aliphatic carbocycles. The number of nitrogens with zero attached hydrogens (tertiary/aromatic N) is 2. The van der Waals surface area contributed by atoms with Gasteiger partial charge in [-0.05, 0) is 62.9 Å². The second-order valence-corrected chi connectivity index (χ2v) is 11.0. The molecule has 0 spiro atoms. The van der Waals surface area contributed by atoms with Gasteiger partial charge in [0.2, 0.25) is 15.9 Å². The van der Waals surface area contributed by atoms with Crippen LogP contribution in [-0.2, 0) is 27.8 Å². The highest BCUT2D eigenvalue weighted by molar-refractivity contribution is 7.89. The fourth-order valence-corrected chi connectivity index (χ4v) is 5.75. The van der Waals surface area contributed by atoms with Crippen molar-refractivity contribution in [3.05, 3.63) is 40.9 Å². The number of anilines is 1. The van der Waals surface area contributed by atoms with Crippen LogP contribution in [-0.4, -0.2) is 43.3 Å². The number of benzene rings is 1. The first kappa shape index (κ1) is 22.4. The fourth-order valence-electron chi connectivity index (χ4n) is 3.72. The first-order valence-electron chi connectivity index (χ1n) is 11.1. The number of thiazole rings is 1. The molecule has 2 aromatic rings. The zero-order chi connectivity index (χ0) is 21.7. The lowest BCUT2D eigenvalue weighted by Crippen LogP contribution is -2.25. The Bertz CT molecular complexity index is 976. The minimum atomic E-state index is -3.44. The number of aryl methyl sites for hydroxylation is 1. The Hall–Kier alpha value is -1.81. The van der Waals surface area contributed by atoms with E-state index in [2.05, 4.69) is 19.9 Å². The van der Waals surface area contributed by atoms with Crippen molar-refractivity contribution in [3.63, 3.8) is 0 Å². The Balaban J connectivity index is 1.23. The van der Waals surface area contributed by atoms with Crippen LogP contribution in [0.1, 0.15) is 56.2 Å². The predicted octanol–water partition coefficient (Wildman–Crippen LogP) is 3.53. The number of amides is 1. The van der Waals surface area contributed by atoms with E-state index in [1.54, 1.807) is 24.3 Å². The molecule has 4 rings (SSSR count). The normalized spacial score (nSPS) is 17.9. The standard InChI is InChI=1S/C22H30N4O3S2/c27-21(24-22-23-19(16-30-22)15-26-13-3-1-2-4-14-26)12-7-17-5-10-20(11-6-17)31(28,29)25-18-8-9-18/h5-6,10-11,16,18,25H,1-4,7-9,12-15H2,(H,23,24,27). The van der Waals surface area contributed by atoms with Crippen molar-refractivity contribution in [3.8, 4) is 0 Å². The van der Waals surface area contributed by atoms with Gasteiger partial charge in [-0.15, -0.1) is 11.3 Å². The summed E-state index contributed by atoms with van der Waals surface area (Å²) in [5, 5.41) is 5.55. The molecule has 1 aromatic heterocycles. The number of rotatable bonds is 9. The first-order chi connectivity index (χ1) is 15.0. The van der Waals surface area contributed by atoms with Crippen molar-refractivity contribution in [1.82, 2.24) is 14.6 Å². The molecule has 1 aliphatic heterocycles. The molecule has 31 heavy (non-hydrogen) atoms. The van der Waals surface area contributed by atoms with Crippen molar-refractivity contribution < 1.29 is 13.2 Å². The average molecular weight is 463 g/mol. The SMILES string of the molecule is O=C(CCc1ccc(S(=O)(=O)NC2CC2)cc1)Nc1nc(CN2CCCCCC2)cs1. The van der Waals surface area contributed by atoms with Crippen molar-refractivity contribution in [2.75, 3.05) is 18.4 Å². The van der Waals surface area contributed by atoms with Gasteiger partial charge in [0.25, 0.3) is 0 Å². The summed E-state index contributed by atoms with van der Waals surface area (Å²) in [7, 11) is -3.44. The Kier molecular flexibility index (Phi) is 7.37. The van der Waals surface area contributed by atoms with Gasteiger partial charge in [-0.2, -0.15) is 0 Å². The summed E-state index contributed by atoms with van der Waals surface area (Å²) in [4.78, 5) is 19.6. The zero-order valence-corrected chi connectivity index (χ0v) is 19.3. The predicted molar refractivity (Wildman–Crippen MR) is 123 cm³/mol. The van der Waals surface area contributed by atoms with Gasteiger partial charge in [-0.3, -0.25) is 9.69 Å². The largest absolute Gasteiger partial charge is 0.302 e. The molecule has 0 unspecified atom stereocenters. The minimum Gasteiger partial charge on any atom is -0.302 e. The molecule has 0 atom stereocenters. The summed E-state index contributed by atoms with van der Waals surface area (Å²) < 4.78 is 27.1. The zero-order valence-electron chi connectivity index (χ0n) is 17.7. The number of sulfonamides is 1. The van der Waals surface area contributed by atoms with Crippen LogP contribution in [0.2, 0.25) is 0 Å². The topological polar surface area (TPSA) is 91.4 Å². The van der Waals surface area contributed by atoms with E-state index in [1.165, 1.54) is 37.0 Å². The number of carbonyl (C=O) groups excluding carboxylic acids is 1. The van der Waals surface area contributed by atoms with Crippen LogP contribution in [0.5, 0.6) is 0 Å². The van der Waals surface area contributed by atoms with Crippen molar-refractivity contribution >= 4 is 32.4 Å². The second kappa shape index (κ2) is 10.2. The van der Waals surface area contributed by atoms with Crippen LogP contribution in [0.25, 0.3) is 0 Å². The van der Waals surface area contributed by atoms with E-state index in [-0.39, 0.29) is 16.8 Å². The van der Waals surface area contributed by atoms with Gasteiger partial charge in [0.05, 0.1) is 10.6 Å². The number of carbonyl (C=O) groups is 1. The molecule has 2 aliphatic rings. The van der Waals surface area contributed by atoms with Crippen LogP contribution in [0.15, 0.2) is 34.5 Å². The van der Waals surface area contributed by atoms with Crippen LogP contribution < -0.4 is 10.0 Å². The molecule has 2 N–H and O–H groups in total. The summed E-state index contributed by atoms with van der Waals surface area (Å²) in [6, 6.07) is 6.85. The summed E-state index contributed by atoms with van der Waals surface area (Å²) >= 11 is 1.46. The van der Waals surface area contributed by atoms with Crippen molar-refractivity contribution in [2.45, 2.75) is 68.8 Å². The van der Waals surface area contributed by atoms with E-state index in [4.69, 9.17) is 0 Å². The minimum absolute atomic E-state index is 0.0808. The maximum absolute atomic E-state index is 12.3. The van der Waals surface area contributed by atoms with Crippen LogP contribution >= 0.6 is 11.3 Å². The van der Waals surface area contributed by atoms with E-state index in [1.807, 2.05) is 5.38 Å². The van der Waals surface area contributed by atoms with Gasteiger partial charge in [0.1, 0.15) is 0 Å². The van der Waals surface area contributed by atoms with Crippen LogP contribution in [0, 0.1) is 0 Å². The lowest BCUT2D eigenvalue weighted by molar-refractivity contribution is -0.116. The Morgan fingerprint density at radius 1 is 1.10 bits per heavy atom. The third-order valence-electron chi connectivity index (χ3n) is 5.66. The van der Waals surface area contributed by atoms with E-state index in [9.17, 15) is 13.2 Å². The highest BCUT2D eigenvalue weighted by atomic mass is 32.2. The molecule has 9 heteroatoms. The van der Waals surface area contributed by atoms with Gasteiger partial charge in [-0.1, -0.05) is 25.0 Å². The lowest BCUT2D eigenvalue weighted by Gasteiger charge is -2.17. The molecule has 1 saturated heterocycles. The fraction of sp³-hybridized carbons (Fsp3) is 0.545. The van der Waals surface area contributed by atoms with Gasteiger partial charge in [-0.25, -0.2) is 18.1 Å². The third kappa shape index (κ3) is 6.83. The van der Waals surface area contributed by atoms with E-state index < -0.39 is 10.0 Å². The Labute approximate surface area is 188 Å². The number of aromatic nitrogens is 1. The first-order valence-corrected chi connectivity index (χ1v) is 13.4. The van der Waals surface area contributed by atoms with Gasteiger partial charge in [0.15, 0.2) is 5.13 Å². The Morgan fingerprint density at radius 3 is 2.48 bits per heavy atom. The van der Waals surface area contributed by atoms with Crippen LogP contribution in [0.3, 0.4) is 0 Å². The van der Waals surface area contributed by atoms with E-state index >= 15 is 0 Å². The maximum Gasteiger partial charge on any atom is 0.240 e. The quantitative estimate of drug-likeness (QED) is 0.595. The maximum atomic E-state index is 12.3. The van der Waals surface area contributed by atoms with Gasteiger partial charge < -0.3 is 5.32 Å². The third-order valence-corrected chi connectivity index (χ3v) is 8.00. The molecule has 1 saturated carbocycles. The van der Waals surface area contributed by atoms with E-state index in [0.717, 1.165) is 43.7 Å². The monoisotopic (exact) mass is 462 g/mol. The molecule has 1 amide bonds. The van der Waals surface area contributed by atoms with Gasteiger partial charge >= 0.3 is 0 Å². The summed E-state index contributed by atoms with van der Waals surface area (Å²) in [6.45, 7) is 3.09. The highest BCUT2D eigenvalue weighted by Crippen LogP contribution is 2.23. The highest BCUT2D eigenvalue weighted by Gasteiger charge is 2.27. The molecule has 0 bridgehead atoms. The Morgan fingerprint density at radius 2 is 1.81 bits per heavy atom. The molecule has 2 fully saturated rings. The molecule has 168 valence electrons. The number of likely N-dealkylation sites (tertiary alicyclic amines) is 1. The molecular formula is C22H30N4O3S2. The van der Waals surface area contributed by atoms with E-state index in [0.29, 0.717) is 18.0 Å². The molecule has 0 radical (unpaired) electrons. The second-order valence-electron chi connectivity index (χ2n) is 8.42. The summed E-state index contributed by atoms with van der Waals surface area (Å²) in [5.41, 5.74) is 1.94. The molecule has 2 heterocycles. The van der Waals surface area contributed by atoms with Crippen molar-refractivity contribution in [1.29, 1.82) is 0 Å². The lowest BCUT2D eigenvalue weighted by atomic mass is 10.1. The smallest absolute Gasteiger partial charge is 0.240 e. The van der Waals surface area contributed by atoms with Gasteiger partial charge in [0, 0.05) is 24.4 Å². The number of nitrogens with one attached hydrogen (secondary N) is 2. The number of hydrogen-bond donors (Lipinski definition) is 2. The molecule has 7 nitrogen and oxygen atoms in total. The average Bonchev–Trinajstić information content (AvgIpc) is 3.50. The molecule has 1 aromatic carbocycles. The molecular weight excluding hydrogens is 432 g/mol. The summed E-state index contributed by atoms with van der Waals surface area (Å²) in [6.07, 6.45) is 7.81. The van der Waals surface area contributed by atoms with Crippen LogP contribution in [0.4, 0.5) is 5.13 Å².